The Morgan fingerprint density at radius 3 is 2.31 bits per heavy atom. The normalized spacial score (nSPS) is 12.3. The van der Waals surface area contributed by atoms with Gasteiger partial charge < -0.3 is 0 Å². The van der Waals surface area contributed by atoms with Gasteiger partial charge in [-0.15, -0.1) is 24.0 Å². The van der Waals surface area contributed by atoms with E-state index in [1.165, 1.54) is 5.56 Å². The lowest BCUT2D eigenvalue weighted by Gasteiger charge is -2.18. The molecule has 1 unspecified atom stereocenters. The smallest absolute Gasteiger partial charge is 0.0822 e. The molecule has 0 fully saturated rings. The van der Waals surface area contributed by atoms with Crippen LogP contribution in [-0.4, -0.2) is 17.4 Å². The SMILES string of the molecule is CC(Cl)N(C)Cc1ccccc1.Cl. The minimum Gasteiger partial charge on any atom is -0.286 e. The second kappa shape index (κ2) is 6.25. The zero-order chi connectivity index (χ0) is 8.97. The minimum atomic E-state index is 0. The van der Waals surface area contributed by atoms with Crippen LogP contribution in [0, 0.1) is 0 Å². The summed E-state index contributed by atoms with van der Waals surface area (Å²) in [6.45, 7) is 2.88. The maximum atomic E-state index is 5.90. The predicted octanol–water partition coefficient (Wildman–Crippen LogP) is 3.13. The first kappa shape index (κ1) is 12.8. The molecule has 1 nitrogen and oxygen atoms in total. The maximum Gasteiger partial charge on any atom is 0.0822 e. The standard InChI is InChI=1S/C10H14ClN.ClH/c1-9(11)12(2)8-10-6-4-3-5-7-10;/h3-7,9H,8H2,1-2H3;1H. The van der Waals surface area contributed by atoms with Crippen molar-refractivity contribution in [3.05, 3.63) is 35.9 Å². The van der Waals surface area contributed by atoms with E-state index in [0.29, 0.717) is 0 Å². The van der Waals surface area contributed by atoms with E-state index >= 15 is 0 Å². The van der Waals surface area contributed by atoms with Crippen molar-refractivity contribution >= 4 is 24.0 Å². The molecule has 0 saturated carbocycles. The third kappa shape index (κ3) is 4.51. The summed E-state index contributed by atoms with van der Waals surface area (Å²) in [6.07, 6.45) is 0. The van der Waals surface area contributed by atoms with Crippen LogP contribution in [0.4, 0.5) is 0 Å². The van der Waals surface area contributed by atoms with Gasteiger partial charge in [0.15, 0.2) is 0 Å². The summed E-state index contributed by atoms with van der Waals surface area (Å²) in [5.74, 6) is 0. The molecule has 0 aliphatic rings. The predicted molar refractivity (Wildman–Crippen MR) is 60.5 cm³/mol. The van der Waals surface area contributed by atoms with Crippen LogP contribution < -0.4 is 0 Å². The number of rotatable bonds is 3. The van der Waals surface area contributed by atoms with Crippen molar-refractivity contribution in [1.29, 1.82) is 0 Å². The zero-order valence-electron chi connectivity index (χ0n) is 7.90. The molecule has 1 aromatic rings. The summed E-state index contributed by atoms with van der Waals surface area (Å²) in [6, 6.07) is 10.3. The summed E-state index contributed by atoms with van der Waals surface area (Å²) >= 11 is 5.90. The van der Waals surface area contributed by atoms with Gasteiger partial charge in [0.05, 0.1) is 5.50 Å². The van der Waals surface area contributed by atoms with Crippen molar-refractivity contribution in [2.75, 3.05) is 7.05 Å². The summed E-state index contributed by atoms with van der Waals surface area (Å²) in [5, 5.41) is 0. The fraction of sp³-hybridized carbons (Fsp3) is 0.400. The second-order valence-corrected chi connectivity index (χ2v) is 3.61. The first-order chi connectivity index (χ1) is 5.70. The second-order valence-electron chi connectivity index (χ2n) is 2.97. The highest BCUT2D eigenvalue weighted by atomic mass is 35.5. The molecular formula is C10H15Cl2N. The minimum absolute atomic E-state index is 0. The molecule has 3 heteroatoms. The van der Waals surface area contributed by atoms with Gasteiger partial charge in [-0.3, -0.25) is 4.90 Å². The Labute approximate surface area is 91.1 Å². The quantitative estimate of drug-likeness (QED) is 0.558. The highest BCUT2D eigenvalue weighted by Gasteiger charge is 2.04. The molecule has 0 aliphatic heterocycles. The highest BCUT2D eigenvalue weighted by molar-refractivity contribution is 6.20. The van der Waals surface area contributed by atoms with Crippen molar-refractivity contribution in [3.8, 4) is 0 Å². The third-order valence-electron chi connectivity index (χ3n) is 1.88. The molecule has 1 rings (SSSR count). The van der Waals surface area contributed by atoms with Crippen molar-refractivity contribution in [2.24, 2.45) is 0 Å². The van der Waals surface area contributed by atoms with Gasteiger partial charge in [-0.2, -0.15) is 0 Å². The average Bonchev–Trinajstić information content (AvgIpc) is 2.06. The average molecular weight is 220 g/mol. The zero-order valence-corrected chi connectivity index (χ0v) is 9.48. The number of hydrogen-bond acceptors (Lipinski definition) is 1. The Balaban J connectivity index is 0.00000144. The number of nitrogens with zero attached hydrogens (tertiary/aromatic N) is 1. The lowest BCUT2D eigenvalue weighted by atomic mass is 10.2. The van der Waals surface area contributed by atoms with Gasteiger partial charge in [-0.1, -0.05) is 30.3 Å². The van der Waals surface area contributed by atoms with E-state index in [-0.39, 0.29) is 17.9 Å². The van der Waals surface area contributed by atoms with Crippen LogP contribution in [0.1, 0.15) is 12.5 Å². The van der Waals surface area contributed by atoms with E-state index in [2.05, 4.69) is 17.0 Å². The van der Waals surface area contributed by atoms with Crippen LogP contribution in [0.15, 0.2) is 30.3 Å². The highest BCUT2D eigenvalue weighted by Crippen LogP contribution is 2.07. The Kier molecular flexibility index (Phi) is 6.13. The summed E-state index contributed by atoms with van der Waals surface area (Å²) in [4.78, 5) is 2.09. The molecule has 0 aromatic heterocycles. The fourth-order valence-electron chi connectivity index (χ4n) is 0.997. The van der Waals surface area contributed by atoms with Crippen LogP contribution in [0.5, 0.6) is 0 Å². The number of hydrogen-bond donors (Lipinski definition) is 0. The van der Waals surface area contributed by atoms with Gasteiger partial charge in [-0.05, 0) is 19.5 Å². The molecule has 0 radical (unpaired) electrons. The molecule has 0 N–H and O–H groups in total. The lowest BCUT2D eigenvalue weighted by molar-refractivity contribution is 0.315. The first-order valence-corrected chi connectivity index (χ1v) is 4.52. The first-order valence-electron chi connectivity index (χ1n) is 4.08. The number of halogens is 2. The van der Waals surface area contributed by atoms with E-state index in [1.807, 2.05) is 32.2 Å². The van der Waals surface area contributed by atoms with E-state index in [0.717, 1.165) is 6.54 Å². The fourth-order valence-corrected chi connectivity index (χ4v) is 1.07. The van der Waals surface area contributed by atoms with Gasteiger partial charge in [-0.25, -0.2) is 0 Å². The number of benzene rings is 1. The van der Waals surface area contributed by atoms with Gasteiger partial charge in [0.25, 0.3) is 0 Å². The van der Waals surface area contributed by atoms with Gasteiger partial charge >= 0.3 is 0 Å². The van der Waals surface area contributed by atoms with Crippen molar-refractivity contribution in [1.82, 2.24) is 4.90 Å². The van der Waals surface area contributed by atoms with Crippen molar-refractivity contribution in [3.63, 3.8) is 0 Å². The summed E-state index contributed by atoms with van der Waals surface area (Å²) in [7, 11) is 2.02. The van der Waals surface area contributed by atoms with E-state index in [9.17, 15) is 0 Å². The van der Waals surface area contributed by atoms with Gasteiger partial charge in [0, 0.05) is 6.54 Å². The molecule has 0 saturated heterocycles. The van der Waals surface area contributed by atoms with Crippen LogP contribution in [0.2, 0.25) is 0 Å². The largest absolute Gasteiger partial charge is 0.286 e. The molecule has 0 spiro atoms. The van der Waals surface area contributed by atoms with Crippen molar-refractivity contribution in [2.45, 2.75) is 19.0 Å². The van der Waals surface area contributed by atoms with Crippen molar-refractivity contribution < 1.29 is 0 Å². The van der Waals surface area contributed by atoms with Gasteiger partial charge in [0.1, 0.15) is 0 Å². The van der Waals surface area contributed by atoms with Gasteiger partial charge in [0.2, 0.25) is 0 Å². The molecule has 13 heavy (non-hydrogen) atoms. The molecule has 1 atom stereocenters. The van der Waals surface area contributed by atoms with Crippen LogP contribution in [0.25, 0.3) is 0 Å². The molecule has 0 amide bonds. The summed E-state index contributed by atoms with van der Waals surface area (Å²) < 4.78 is 0. The maximum absolute atomic E-state index is 5.90. The molecule has 0 bridgehead atoms. The lowest BCUT2D eigenvalue weighted by Crippen LogP contribution is -2.23. The van der Waals surface area contributed by atoms with E-state index in [1.54, 1.807) is 0 Å². The Morgan fingerprint density at radius 2 is 1.85 bits per heavy atom. The molecule has 0 aliphatic carbocycles. The number of alkyl halides is 1. The van der Waals surface area contributed by atoms with Crippen LogP contribution in [-0.2, 0) is 6.54 Å². The molecule has 74 valence electrons. The van der Waals surface area contributed by atoms with Crippen LogP contribution >= 0.6 is 24.0 Å². The molecular weight excluding hydrogens is 205 g/mol. The van der Waals surface area contributed by atoms with Crippen LogP contribution in [0.3, 0.4) is 0 Å². The summed E-state index contributed by atoms with van der Waals surface area (Å²) in [5.41, 5.74) is 1.39. The Hall–Kier alpha value is -0.240. The molecule has 0 heterocycles. The molecule has 1 aromatic carbocycles. The Morgan fingerprint density at radius 1 is 1.31 bits per heavy atom. The monoisotopic (exact) mass is 219 g/mol. The van der Waals surface area contributed by atoms with E-state index < -0.39 is 0 Å². The Bertz CT molecular complexity index is 224. The topological polar surface area (TPSA) is 3.24 Å². The van der Waals surface area contributed by atoms with E-state index in [4.69, 9.17) is 11.6 Å². The third-order valence-corrected chi connectivity index (χ3v) is 2.22.